The molecule has 4 heteroatoms. The summed E-state index contributed by atoms with van der Waals surface area (Å²) in [6, 6.07) is 8.35. The maximum absolute atomic E-state index is 4.28. The van der Waals surface area contributed by atoms with Crippen LogP contribution in [0.5, 0.6) is 0 Å². The van der Waals surface area contributed by atoms with Gasteiger partial charge in [0, 0.05) is 12.3 Å². The zero-order valence-electron chi connectivity index (χ0n) is 9.77. The van der Waals surface area contributed by atoms with Crippen LogP contribution in [0.2, 0.25) is 0 Å². The number of thiazole rings is 1. The van der Waals surface area contributed by atoms with Crippen molar-refractivity contribution in [1.82, 2.24) is 4.57 Å². The van der Waals surface area contributed by atoms with Crippen LogP contribution in [-0.2, 0) is 6.54 Å². The van der Waals surface area contributed by atoms with E-state index in [0.717, 1.165) is 17.1 Å². The monoisotopic (exact) mass is 233 g/mol. The molecule has 0 saturated carbocycles. The van der Waals surface area contributed by atoms with Crippen LogP contribution >= 0.6 is 11.3 Å². The summed E-state index contributed by atoms with van der Waals surface area (Å²) in [6.45, 7) is 6.95. The number of aryl methyl sites for hydroxylation is 1. The molecule has 0 aliphatic rings. The molecule has 1 aromatic heterocycles. The first-order chi connectivity index (χ1) is 7.72. The Morgan fingerprint density at radius 2 is 2.06 bits per heavy atom. The second-order valence-electron chi connectivity index (χ2n) is 3.74. The van der Waals surface area contributed by atoms with Gasteiger partial charge in [-0.05, 0) is 32.9 Å². The Morgan fingerprint density at radius 1 is 1.31 bits per heavy atom. The zero-order chi connectivity index (χ0) is 11.5. The van der Waals surface area contributed by atoms with Gasteiger partial charge in [-0.3, -0.25) is 0 Å². The fraction of sp³-hybridized carbons (Fsp3) is 0.333. The predicted molar refractivity (Wildman–Crippen MR) is 69.8 cm³/mol. The fourth-order valence-corrected chi connectivity index (χ4v) is 2.59. The Labute approximate surface area is 98.8 Å². The SMILES string of the molecule is CCn1/c(=N/N=C(C)C)sc2ccccc21. The molecule has 0 radical (unpaired) electrons. The summed E-state index contributed by atoms with van der Waals surface area (Å²) >= 11 is 1.68. The molecule has 2 rings (SSSR count). The van der Waals surface area contributed by atoms with E-state index in [2.05, 4.69) is 46.0 Å². The van der Waals surface area contributed by atoms with Gasteiger partial charge in [-0.15, -0.1) is 5.10 Å². The normalized spacial score (nSPS) is 12.1. The maximum atomic E-state index is 4.28. The first kappa shape index (κ1) is 11.1. The van der Waals surface area contributed by atoms with Gasteiger partial charge in [0.25, 0.3) is 0 Å². The minimum atomic E-state index is 0.918. The number of hydrogen-bond donors (Lipinski definition) is 0. The first-order valence-electron chi connectivity index (χ1n) is 5.35. The molecule has 0 bridgehead atoms. The lowest BCUT2D eigenvalue weighted by Gasteiger charge is -1.98. The van der Waals surface area contributed by atoms with Crippen LogP contribution in [-0.4, -0.2) is 10.3 Å². The van der Waals surface area contributed by atoms with Gasteiger partial charge in [0.1, 0.15) is 0 Å². The molecular weight excluding hydrogens is 218 g/mol. The third-order valence-corrected chi connectivity index (χ3v) is 3.29. The van der Waals surface area contributed by atoms with Crippen LogP contribution in [0.3, 0.4) is 0 Å². The minimum Gasteiger partial charge on any atom is -0.315 e. The molecule has 1 aromatic carbocycles. The van der Waals surface area contributed by atoms with E-state index in [1.807, 2.05) is 13.8 Å². The van der Waals surface area contributed by atoms with Crippen molar-refractivity contribution in [2.75, 3.05) is 0 Å². The molecule has 84 valence electrons. The molecule has 0 spiro atoms. The lowest BCUT2D eigenvalue weighted by Crippen LogP contribution is -2.12. The largest absolute Gasteiger partial charge is 0.315 e. The van der Waals surface area contributed by atoms with E-state index in [-0.39, 0.29) is 0 Å². The highest BCUT2D eigenvalue weighted by Crippen LogP contribution is 2.16. The molecule has 0 saturated heterocycles. The standard InChI is InChI=1S/C12H15N3S/c1-4-15-10-7-5-6-8-11(10)16-12(15)14-13-9(2)3/h5-8H,4H2,1-3H3/b14-12-. The summed E-state index contributed by atoms with van der Waals surface area (Å²) in [5, 5.41) is 8.41. The number of nitrogens with zero attached hydrogens (tertiary/aromatic N) is 3. The molecule has 0 aliphatic carbocycles. The van der Waals surface area contributed by atoms with E-state index in [4.69, 9.17) is 0 Å². The van der Waals surface area contributed by atoms with Crippen molar-refractivity contribution in [1.29, 1.82) is 0 Å². The van der Waals surface area contributed by atoms with Gasteiger partial charge in [0.05, 0.1) is 10.2 Å². The number of para-hydroxylation sites is 1. The number of rotatable bonds is 2. The number of hydrogen-bond acceptors (Lipinski definition) is 3. The summed E-state index contributed by atoms with van der Waals surface area (Å²) < 4.78 is 3.44. The van der Waals surface area contributed by atoms with E-state index in [0.29, 0.717) is 0 Å². The van der Waals surface area contributed by atoms with Crippen molar-refractivity contribution in [2.24, 2.45) is 10.2 Å². The summed E-state index contributed by atoms with van der Waals surface area (Å²) in [4.78, 5) is 0.963. The van der Waals surface area contributed by atoms with Crippen molar-refractivity contribution in [3.63, 3.8) is 0 Å². The molecule has 3 nitrogen and oxygen atoms in total. The quantitative estimate of drug-likeness (QED) is 0.564. The van der Waals surface area contributed by atoms with Gasteiger partial charge in [-0.1, -0.05) is 23.5 Å². The van der Waals surface area contributed by atoms with Gasteiger partial charge in [-0.25, -0.2) is 0 Å². The van der Waals surface area contributed by atoms with Gasteiger partial charge in [0.2, 0.25) is 4.80 Å². The fourth-order valence-electron chi connectivity index (χ4n) is 1.55. The molecule has 2 aromatic rings. The Morgan fingerprint density at radius 3 is 2.75 bits per heavy atom. The predicted octanol–water partition coefficient (Wildman–Crippen LogP) is 3.02. The minimum absolute atomic E-state index is 0.918. The smallest absolute Gasteiger partial charge is 0.211 e. The van der Waals surface area contributed by atoms with Crippen LogP contribution in [0, 0.1) is 0 Å². The van der Waals surface area contributed by atoms with E-state index >= 15 is 0 Å². The maximum Gasteiger partial charge on any atom is 0.211 e. The molecule has 0 aliphatic heterocycles. The second-order valence-corrected chi connectivity index (χ2v) is 4.75. The average Bonchev–Trinajstić information content (AvgIpc) is 2.63. The summed E-state index contributed by atoms with van der Waals surface area (Å²) in [5.41, 5.74) is 2.21. The molecule has 0 unspecified atom stereocenters. The van der Waals surface area contributed by atoms with Crippen LogP contribution in [0.4, 0.5) is 0 Å². The summed E-state index contributed by atoms with van der Waals surface area (Å²) in [5.74, 6) is 0. The lowest BCUT2D eigenvalue weighted by molar-refractivity contribution is 0.756. The van der Waals surface area contributed by atoms with Crippen molar-refractivity contribution in [3.05, 3.63) is 29.1 Å². The van der Waals surface area contributed by atoms with Crippen LogP contribution in [0.25, 0.3) is 10.2 Å². The lowest BCUT2D eigenvalue weighted by atomic mass is 10.3. The molecular formula is C12H15N3S. The molecule has 0 fully saturated rings. The Balaban J connectivity index is 2.70. The van der Waals surface area contributed by atoms with E-state index < -0.39 is 0 Å². The number of aromatic nitrogens is 1. The van der Waals surface area contributed by atoms with Crippen LogP contribution in [0.1, 0.15) is 20.8 Å². The third-order valence-electron chi connectivity index (χ3n) is 2.24. The van der Waals surface area contributed by atoms with Gasteiger partial charge >= 0.3 is 0 Å². The Bertz CT molecular complexity index is 586. The number of benzene rings is 1. The molecule has 1 heterocycles. The van der Waals surface area contributed by atoms with E-state index in [9.17, 15) is 0 Å². The average molecular weight is 233 g/mol. The first-order valence-corrected chi connectivity index (χ1v) is 6.17. The van der Waals surface area contributed by atoms with Crippen molar-refractivity contribution >= 4 is 27.3 Å². The van der Waals surface area contributed by atoms with Crippen molar-refractivity contribution in [3.8, 4) is 0 Å². The van der Waals surface area contributed by atoms with E-state index in [1.54, 1.807) is 11.3 Å². The van der Waals surface area contributed by atoms with Gasteiger partial charge in [0.15, 0.2) is 0 Å². The van der Waals surface area contributed by atoms with Crippen molar-refractivity contribution in [2.45, 2.75) is 27.3 Å². The van der Waals surface area contributed by atoms with Gasteiger partial charge in [-0.2, -0.15) is 5.10 Å². The highest BCUT2D eigenvalue weighted by molar-refractivity contribution is 7.16. The highest BCUT2D eigenvalue weighted by atomic mass is 32.1. The van der Waals surface area contributed by atoms with Crippen LogP contribution < -0.4 is 4.80 Å². The Kier molecular flexibility index (Phi) is 3.19. The van der Waals surface area contributed by atoms with E-state index in [1.165, 1.54) is 10.2 Å². The Hall–Kier alpha value is -1.42. The highest BCUT2D eigenvalue weighted by Gasteiger charge is 2.02. The molecule has 0 atom stereocenters. The zero-order valence-corrected chi connectivity index (χ0v) is 10.6. The molecule has 0 amide bonds. The second kappa shape index (κ2) is 4.61. The third kappa shape index (κ3) is 2.07. The number of fused-ring (bicyclic) bond motifs is 1. The topological polar surface area (TPSA) is 29.6 Å². The summed E-state index contributed by atoms with van der Waals surface area (Å²) in [6.07, 6.45) is 0. The molecule has 16 heavy (non-hydrogen) atoms. The van der Waals surface area contributed by atoms with Crippen LogP contribution in [0.15, 0.2) is 34.5 Å². The summed E-state index contributed by atoms with van der Waals surface area (Å²) in [7, 11) is 0. The molecule has 0 N–H and O–H groups in total. The van der Waals surface area contributed by atoms with Gasteiger partial charge < -0.3 is 4.57 Å². The van der Waals surface area contributed by atoms with Crippen molar-refractivity contribution < 1.29 is 0 Å².